The number of nitrogens with two attached hydrogens (primary N) is 1. The maximum Gasteiger partial charge on any atom is 0.260 e. The fourth-order valence-electron chi connectivity index (χ4n) is 1.90. The Balaban J connectivity index is 3.26. The molecular weight excluding hydrogens is 719 g/mol. The van der Waals surface area contributed by atoms with Crippen LogP contribution in [-0.4, -0.2) is 68.7 Å². The van der Waals surface area contributed by atoms with Gasteiger partial charge in [-0.15, -0.1) is 0 Å². The summed E-state index contributed by atoms with van der Waals surface area (Å²) in [6.07, 6.45) is -5.80. The van der Waals surface area contributed by atoms with E-state index in [4.69, 9.17) is 15.9 Å². The van der Waals surface area contributed by atoms with Crippen molar-refractivity contribution in [3.05, 3.63) is 16.3 Å². The van der Waals surface area contributed by atoms with Gasteiger partial charge in [0.2, 0.25) is 5.91 Å². The zero-order chi connectivity index (χ0) is 21.8. The number of nitrogen functional groups attached to an aromatic ring is 1. The van der Waals surface area contributed by atoms with Crippen molar-refractivity contribution < 1.29 is 39.9 Å². The largest absolute Gasteiger partial charge is 0.397 e. The lowest BCUT2D eigenvalue weighted by atomic mass is 10.1. The molecule has 1 aromatic rings. The maximum atomic E-state index is 12.2. The first kappa shape index (κ1) is 25.7. The quantitative estimate of drug-likeness (QED) is 0.120. The molecule has 0 fully saturated rings. The summed E-state index contributed by atoms with van der Waals surface area (Å²) < 4.78 is 0.954. The van der Waals surface area contributed by atoms with Gasteiger partial charge < -0.3 is 36.6 Å². The average molecular weight is 735 g/mol. The van der Waals surface area contributed by atoms with Crippen LogP contribution in [0.1, 0.15) is 11.7 Å². The Bertz CT molecular complexity index is 792. The first-order valence-corrected chi connectivity index (χ1v) is 10.6. The molecule has 0 aliphatic carbocycles. The molecular formula is C14H16I3N3O8. The van der Waals surface area contributed by atoms with Crippen LogP contribution in [0.25, 0.3) is 0 Å². The number of amides is 3. The minimum absolute atomic E-state index is 0.00477. The Labute approximate surface area is 199 Å². The molecule has 0 saturated heterocycles. The van der Waals surface area contributed by atoms with Crippen LogP contribution in [-0.2, 0) is 14.4 Å². The van der Waals surface area contributed by atoms with Gasteiger partial charge in [-0.25, -0.2) is 0 Å². The number of hydrogen-bond donors (Lipinski definition) is 8. The standard InChI is InChI=1S/C14H16I3N3O8/c15-6-5(7(16)10(8(17)9(6)18)19-4(24)2-22)12(26)14(28)20-13(27)11(25)3(23)1-21/h3,11-12,21-23,25-26H,1-2,18H2,(H,19,24)(H,20,27,28). The van der Waals surface area contributed by atoms with E-state index < -0.39 is 49.2 Å². The molecule has 3 amide bonds. The topological polar surface area (TPSA) is 202 Å². The van der Waals surface area contributed by atoms with Gasteiger partial charge in [0, 0.05) is 12.7 Å². The summed E-state index contributed by atoms with van der Waals surface area (Å²) in [6, 6.07) is 0. The van der Waals surface area contributed by atoms with Gasteiger partial charge in [0.25, 0.3) is 11.8 Å². The second-order valence-electron chi connectivity index (χ2n) is 5.30. The van der Waals surface area contributed by atoms with Crippen molar-refractivity contribution in [2.45, 2.75) is 18.3 Å². The smallest absolute Gasteiger partial charge is 0.260 e. The van der Waals surface area contributed by atoms with Gasteiger partial charge in [-0.2, -0.15) is 0 Å². The van der Waals surface area contributed by atoms with E-state index in [1.54, 1.807) is 50.5 Å². The summed E-state index contributed by atoms with van der Waals surface area (Å²) in [7, 11) is 0. The van der Waals surface area contributed by atoms with Crippen molar-refractivity contribution in [1.29, 1.82) is 0 Å². The van der Waals surface area contributed by atoms with Crippen LogP contribution in [0.3, 0.4) is 0 Å². The number of nitrogens with one attached hydrogen (secondary N) is 2. The van der Waals surface area contributed by atoms with E-state index in [9.17, 15) is 29.7 Å². The lowest BCUT2D eigenvalue weighted by molar-refractivity contribution is -0.144. The molecule has 0 bridgehead atoms. The van der Waals surface area contributed by atoms with Gasteiger partial charge in [0.15, 0.2) is 12.2 Å². The number of carbonyl (C=O) groups is 3. The van der Waals surface area contributed by atoms with Crippen LogP contribution < -0.4 is 16.4 Å². The highest BCUT2D eigenvalue weighted by molar-refractivity contribution is 14.1. The molecule has 0 saturated carbocycles. The lowest BCUT2D eigenvalue weighted by Gasteiger charge is -2.21. The third-order valence-corrected chi connectivity index (χ3v) is 6.78. The number of hydrogen-bond acceptors (Lipinski definition) is 9. The van der Waals surface area contributed by atoms with Crippen molar-refractivity contribution in [3.63, 3.8) is 0 Å². The Morgan fingerprint density at radius 2 is 1.54 bits per heavy atom. The second-order valence-corrected chi connectivity index (χ2v) is 8.54. The molecule has 156 valence electrons. The molecule has 9 N–H and O–H groups in total. The number of benzene rings is 1. The van der Waals surface area contributed by atoms with E-state index in [2.05, 4.69) is 5.32 Å². The van der Waals surface area contributed by atoms with Gasteiger partial charge >= 0.3 is 0 Å². The van der Waals surface area contributed by atoms with Crippen molar-refractivity contribution in [2.24, 2.45) is 0 Å². The Kier molecular flexibility index (Phi) is 10.2. The Morgan fingerprint density at radius 1 is 0.964 bits per heavy atom. The maximum absolute atomic E-state index is 12.2. The third kappa shape index (κ3) is 5.83. The predicted octanol–water partition coefficient (Wildman–Crippen LogP) is -1.60. The number of aliphatic hydroxyl groups is 5. The van der Waals surface area contributed by atoms with Crippen LogP contribution in [0, 0.1) is 10.7 Å². The highest BCUT2D eigenvalue weighted by Crippen LogP contribution is 2.39. The lowest BCUT2D eigenvalue weighted by Crippen LogP contribution is -2.47. The summed E-state index contributed by atoms with van der Waals surface area (Å²) >= 11 is 5.40. The molecule has 1 rings (SSSR count). The molecule has 0 aliphatic rings. The Hall–Kier alpha value is -0.380. The highest BCUT2D eigenvalue weighted by atomic mass is 127. The van der Waals surface area contributed by atoms with Crippen molar-refractivity contribution in [3.8, 4) is 0 Å². The first-order valence-electron chi connectivity index (χ1n) is 7.34. The third-order valence-electron chi connectivity index (χ3n) is 3.38. The molecule has 0 heterocycles. The molecule has 11 nitrogen and oxygen atoms in total. The van der Waals surface area contributed by atoms with Crippen molar-refractivity contribution >= 4 is 96.9 Å². The van der Waals surface area contributed by atoms with Crippen LogP contribution in [0.15, 0.2) is 0 Å². The van der Waals surface area contributed by atoms with Gasteiger partial charge in [0.05, 0.1) is 21.6 Å². The number of halogens is 3. The molecule has 0 radical (unpaired) electrons. The van der Waals surface area contributed by atoms with Gasteiger partial charge in [-0.1, -0.05) is 0 Å². The number of carbonyl (C=O) groups excluding carboxylic acids is 3. The van der Waals surface area contributed by atoms with Crippen LogP contribution in [0.2, 0.25) is 0 Å². The number of aliphatic hydroxyl groups excluding tert-OH is 5. The average Bonchev–Trinajstić information content (AvgIpc) is 2.67. The van der Waals surface area contributed by atoms with E-state index >= 15 is 0 Å². The molecule has 1 aromatic carbocycles. The fraction of sp³-hybridized carbons (Fsp3) is 0.357. The summed E-state index contributed by atoms with van der Waals surface area (Å²) in [5.74, 6) is -3.27. The monoisotopic (exact) mass is 735 g/mol. The molecule has 28 heavy (non-hydrogen) atoms. The van der Waals surface area contributed by atoms with Crippen molar-refractivity contribution in [1.82, 2.24) is 5.32 Å². The SMILES string of the molecule is Nc1c(I)c(NC(=O)CO)c(I)c(C(O)C(=O)NC(=O)C(O)C(O)CO)c1I. The highest BCUT2D eigenvalue weighted by Gasteiger charge is 2.31. The summed E-state index contributed by atoms with van der Waals surface area (Å²) in [5, 5.41) is 51.0. The number of anilines is 2. The zero-order valence-electron chi connectivity index (χ0n) is 13.8. The normalized spacial score (nSPS) is 14.1. The molecule has 3 unspecified atom stereocenters. The Morgan fingerprint density at radius 3 is 2.04 bits per heavy atom. The summed E-state index contributed by atoms with van der Waals surface area (Å²) in [6.45, 7) is -1.71. The summed E-state index contributed by atoms with van der Waals surface area (Å²) in [5.41, 5.74) is 6.29. The first-order chi connectivity index (χ1) is 13.0. The van der Waals surface area contributed by atoms with Crippen molar-refractivity contribution in [2.75, 3.05) is 24.3 Å². The molecule has 3 atom stereocenters. The number of rotatable bonds is 7. The van der Waals surface area contributed by atoms with E-state index in [1.807, 2.05) is 22.6 Å². The number of imide groups is 1. The predicted molar refractivity (Wildman–Crippen MR) is 122 cm³/mol. The van der Waals surface area contributed by atoms with Crippen LogP contribution in [0.5, 0.6) is 0 Å². The molecule has 14 heteroatoms. The minimum atomic E-state index is -2.08. The molecule has 0 spiro atoms. The fourth-order valence-corrected chi connectivity index (χ4v) is 5.93. The van der Waals surface area contributed by atoms with E-state index in [0.717, 1.165) is 0 Å². The van der Waals surface area contributed by atoms with E-state index in [-0.39, 0.29) is 20.5 Å². The van der Waals surface area contributed by atoms with Gasteiger partial charge in [0.1, 0.15) is 12.7 Å². The van der Waals surface area contributed by atoms with Crippen LogP contribution >= 0.6 is 67.8 Å². The molecule has 0 aromatic heterocycles. The van der Waals surface area contributed by atoms with E-state index in [0.29, 0.717) is 7.14 Å². The van der Waals surface area contributed by atoms with E-state index in [1.165, 1.54) is 0 Å². The zero-order valence-corrected chi connectivity index (χ0v) is 20.3. The minimum Gasteiger partial charge on any atom is -0.397 e. The molecule has 0 aliphatic heterocycles. The second kappa shape index (κ2) is 11.1. The summed E-state index contributed by atoms with van der Waals surface area (Å²) in [4.78, 5) is 35.5. The van der Waals surface area contributed by atoms with Gasteiger partial charge in [-0.05, 0) is 67.8 Å². The van der Waals surface area contributed by atoms with Gasteiger partial charge in [-0.3, -0.25) is 19.7 Å². The van der Waals surface area contributed by atoms with Crippen LogP contribution in [0.4, 0.5) is 11.4 Å².